The maximum atomic E-state index is 12.3. The summed E-state index contributed by atoms with van der Waals surface area (Å²) in [7, 11) is 4.71. The van der Waals surface area contributed by atoms with Gasteiger partial charge in [-0.1, -0.05) is 23.7 Å². The minimum Gasteiger partial charge on any atom is -0.495 e. The van der Waals surface area contributed by atoms with Gasteiger partial charge >= 0.3 is 5.97 Å². The molecule has 138 valence electrons. The summed E-state index contributed by atoms with van der Waals surface area (Å²) in [5.74, 6) is -0.0113. The Balaban J connectivity index is 1.93. The fraction of sp³-hybridized carbons (Fsp3) is 0.263. The smallest absolute Gasteiger partial charge is 0.337 e. The maximum absolute atomic E-state index is 12.3. The van der Waals surface area contributed by atoms with Gasteiger partial charge in [0, 0.05) is 11.6 Å². The zero-order valence-corrected chi connectivity index (χ0v) is 15.7. The summed E-state index contributed by atoms with van der Waals surface area (Å²) < 4.78 is 9.89. The van der Waals surface area contributed by atoms with Crippen LogP contribution in [0.2, 0.25) is 5.02 Å². The summed E-state index contributed by atoms with van der Waals surface area (Å²) >= 11 is 5.97. The quantitative estimate of drug-likeness (QED) is 0.751. The van der Waals surface area contributed by atoms with Crippen LogP contribution in [0.1, 0.15) is 15.9 Å². The van der Waals surface area contributed by atoms with Crippen LogP contribution in [0.5, 0.6) is 5.75 Å². The van der Waals surface area contributed by atoms with E-state index in [2.05, 4.69) is 10.1 Å². The van der Waals surface area contributed by atoms with Crippen molar-refractivity contribution < 1.29 is 19.1 Å². The Morgan fingerprint density at radius 1 is 1.12 bits per heavy atom. The SMILES string of the molecule is COC(=O)c1ccc(CN(C)CC(=O)Nc2cc(Cl)ccc2OC)cc1. The molecule has 0 aromatic heterocycles. The Bertz CT molecular complexity index is 778. The standard InChI is InChI=1S/C19H21ClN2O4/c1-22(11-13-4-6-14(7-5-13)19(24)26-3)12-18(23)21-16-10-15(20)8-9-17(16)25-2/h4-10H,11-12H2,1-3H3,(H,21,23). The Labute approximate surface area is 157 Å². The molecule has 2 rings (SSSR count). The van der Waals surface area contributed by atoms with Crippen molar-refractivity contribution >= 4 is 29.2 Å². The molecular formula is C19H21ClN2O4. The maximum Gasteiger partial charge on any atom is 0.337 e. The Morgan fingerprint density at radius 2 is 1.81 bits per heavy atom. The summed E-state index contributed by atoms with van der Waals surface area (Å²) in [5.41, 5.74) is 2.00. The van der Waals surface area contributed by atoms with Crippen molar-refractivity contribution in [3.63, 3.8) is 0 Å². The Hall–Kier alpha value is -2.57. The van der Waals surface area contributed by atoms with Crippen LogP contribution < -0.4 is 10.1 Å². The van der Waals surface area contributed by atoms with Crippen LogP contribution in [0.4, 0.5) is 5.69 Å². The average molecular weight is 377 g/mol. The number of hydrogen-bond donors (Lipinski definition) is 1. The van der Waals surface area contributed by atoms with E-state index in [1.165, 1.54) is 14.2 Å². The van der Waals surface area contributed by atoms with Crippen molar-refractivity contribution in [1.82, 2.24) is 4.90 Å². The highest BCUT2D eigenvalue weighted by Crippen LogP contribution is 2.27. The first-order valence-corrected chi connectivity index (χ1v) is 8.30. The van der Waals surface area contributed by atoms with Gasteiger partial charge in [0.25, 0.3) is 0 Å². The summed E-state index contributed by atoms with van der Waals surface area (Å²) in [4.78, 5) is 25.6. The molecular weight excluding hydrogens is 356 g/mol. The molecule has 0 atom stereocenters. The zero-order chi connectivity index (χ0) is 19.1. The lowest BCUT2D eigenvalue weighted by atomic mass is 10.1. The van der Waals surface area contributed by atoms with E-state index in [-0.39, 0.29) is 18.4 Å². The predicted molar refractivity (Wildman–Crippen MR) is 101 cm³/mol. The lowest BCUT2D eigenvalue weighted by Gasteiger charge is -2.17. The summed E-state index contributed by atoms with van der Waals surface area (Å²) in [6, 6.07) is 12.1. The van der Waals surface area contributed by atoms with Crippen LogP contribution in [0.15, 0.2) is 42.5 Å². The number of benzene rings is 2. The number of carbonyl (C=O) groups is 2. The van der Waals surface area contributed by atoms with E-state index in [1.54, 1.807) is 30.3 Å². The minimum atomic E-state index is -0.375. The molecule has 0 aliphatic carbocycles. The first-order chi connectivity index (χ1) is 12.4. The second kappa shape index (κ2) is 9.22. The largest absolute Gasteiger partial charge is 0.495 e. The molecule has 0 fully saturated rings. The van der Waals surface area contributed by atoms with Gasteiger partial charge in [0.05, 0.1) is 32.0 Å². The van der Waals surface area contributed by atoms with Gasteiger partial charge in [-0.25, -0.2) is 4.79 Å². The first kappa shape index (κ1) is 19.8. The third kappa shape index (κ3) is 5.47. The third-order valence-corrected chi connectivity index (χ3v) is 3.91. The first-order valence-electron chi connectivity index (χ1n) is 7.92. The topological polar surface area (TPSA) is 67.9 Å². The highest BCUT2D eigenvalue weighted by molar-refractivity contribution is 6.31. The number of anilines is 1. The van der Waals surface area contributed by atoms with Gasteiger partial charge in [-0.2, -0.15) is 0 Å². The van der Waals surface area contributed by atoms with Crippen molar-refractivity contribution in [2.24, 2.45) is 0 Å². The molecule has 0 spiro atoms. The number of halogens is 1. The van der Waals surface area contributed by atoms with Crippen LogP contribution in [0.3, 0.4) is 0 Å². The normalized spacial score (nSPS) is 10.5. The van der Waals surface area contributed by atoms with E-state index >= 15 is 0 Å². The monoisotopic (exact) mass is 376 g/mol. The Kier molecular flexibility index (Phi) is 7.00. The number of carbonyl (C=O) groups excluding carboxylic acids is 2. The molecule has 0 radical (unpaired) electrons. The van der Waals surface area contributed by atoms with Gasteiger partial charge in [0.2, 0.25) is 5.91 Å². The van der Waals surface area contributed by atoms with Crippen LogP contribution >= 0.6 is 11.6 Å². The third-order valence-electron chi connectivity index (χ3n) is 3.68. The number of ether oxygens (including phenoxy) is 2. The molecule has 2 aromatic carbocycles. The van der Waals surface area contributed by atoms with Gasteiger partial charge < -0.3 is 14.8 Å². The second-order valence-electron chi connectivity index (χ2n) is 5.75. The van der Waals surface area contributed by atoms with E-state index in [1.807, 2.05) is 24.1 Å². The van der Waals surface area contributed by atoms with Crippen LogP contribution in [-0.4, -0.2) is 44.6 Å². The van der Waals surface area contributed by atoms with Crippen LogP contribution in [0, 0.1) is 0 Å². The van der Waals surface area contributed by atoms with E-state index in [4.69, 9.17) is 16.3 Å². The number of rotatable bonds is 7. The molecule has 0 saturated carbocycles. The molecule has 7 heteroatoms. The lowest BCUT2D eigenvalue weighted by Crippen LogP contribution is -2.30. The molecule has 26 heavy (non-hydrogen) atoms. The van der Waals surface area contributed by atoms with E-state index in [0.29, 0.717) is 28.6 Å². The molecule has 1 amide bonds. The molecule has 2 aromatic rings. The highest BCUT2D eigenvalue weighted by Gasteiger charge is 2.12. The second-order valence-corrected chi connectivity index (χ2v) is 6.19. The fourth-order valence-electron chi connectivity index (χ4n) is 2.44. The molecule has 0 aliphatic rings. The van der Waals surface area contributed by atoms with Crippen molar-refractivity contribution in [1.29, 1.82) is 0 Å². The van der Waals surface area contributed by atoms with Gasteiger partial charge in [-0.3, -0.25) is 9.69 Å². The number of hydrogen-bond acceptors (Lipinski definition) is 5. The number of amides is 1. The number of nitrogens with one attached hydrogen (secondary N) is 1. The van der Waals surface area contributed by atoms with Gasteiger partial charge in [0.15, 0.2) is 0 Å². The van der Waals surface area contributed by atoms with Crippen LogP contribution in [0.25, 0.3) is 0 Å². The van der Waals surface area contributed by atoms with Crippen molar-refractivity contribution in [3.05, 3.63) is 58.6 Å². The Morgan fingerprint density at radius 3 is 2.42 bits per heavy atom. The summed E-state index contributed by atoms with van der Waals surface area (Å²) in [6.45, 7) is 0.746. The molecule has 0 bridgehead atoms. The number of likely N-dealkylation sites (N-methyl/N-ethyl adjacent to an activating group) is 1. The molecule has 0 aliphatic heterocycles. The predicted octanol–water partition coefficient (Wildman–Crippen LogP) is 3.21. The van der Waals surface area contributed by atoms with E-state index in [0.717, 1.165) is 5.56 Å². The lowest BCUT2D eigenvalue weighted by molar-refractivity contribution is -0.117. The molecule has 0 saturated heterocycles. The summed E-state index contributed by atoms with van der Waals surface area (Å²) in [6.07, 6.45) is 0. The number of nitrogens with zero attached hydrogens (tertiary/aromatic N) is 1. The van der Waals surface area contributed by atoms with Crippen molar-refractivity contribution in [3.8, 4) is 5.75 Å². The minimum absolute atomic E-state index is 0.181. The number of methoxy groups -OCH3 is 2. The molecule has 6 nitrogen and oxygen atoms in total. The van der Waals surface area contributed by atoms with E-state index in [9.17, 15) is 9.59 Å². The van der Waals surface area contributed by atoms with Crippen LogP contribution in [-0.2, 0) is 16.1 Å². The summed E-state index contributed by atoms with van der Waals surface area (Å²) in [5, 5.41) is 3.31. The average Bonchev–Trinajstić information content (AvgIpc) is 2.61. The molecule has 0 unspecified atom stereocenters. The van der Waals surface area contributed by atoms with Crippen molar-refractivity contribution in [2.45, 2.75) is 6.54 Å². The van der Waals surface area contributed by atoms with Crippen molar-refractivity contribution in [2.75, 3.05) is 33.1 Å². The fourth-order valence-corrected chi connectivity index (χ4v) is 2.62. The molecule has 1 N–H and O–H groups in total. The zero-order valence-electron chi connectivity index (χ0n) is 14.9. The number of esters is 1. The molecule has 0 heterocycles. The van der Waals surface area contributed by atoms with Gasteiger partial charge in [0.1, 0.15) is 5.75 Å². The van der Waals surface area contributed by atoms with E-state index < -0.39 is 0 Å². The van der Waals surface area contributed by atoms with Gasteiger partial charge in [-0.05, 0) is 42.9 Å². The highest BCUT2D eigenvalue weighted by atomic mass is 35.5. The van der Waals surface area contributed by atoms with Gasteiger partial charge in [-0.15, -0.1) is 0 Å².